The summed E-state index contributed by atoms with van der Waals surface area (Å²) in [4.78, 5) is 13.0. The van der Waals surface area contributed by atoms with Crippen molar-refractivity contribution in [2.45, 2.75) is 78.6 Å². The Labute approximate surface area is 175 Å². The minimum absolute atomic E-state index is 0.354. The van der Waals surface area contributed by atoms with Crippen LogP contribution in [0.25, 0.3) is 0 Å². The minimum atomic E-state index is -2.05. The summed E-state index contributed by atoms with van der Waals surface area (Å²) in [5.74, 6) is 1.32. The third-order valence-corrected chi connectivity index (χ3v) is 6.19. The van der Waals surface area contributed by atoms with E-state index in [4.69, 9.17) is 17.7 Å². The van der Waals surface area contributed by atoms with Gasteiger partial charge in [0.15, 0.2) is 11.5 Å². The van der Waals surface area contributed by atoms with E-state index in [0.29, 0.717) is 22.8 Å². The maximum Gasteiger partial charge on any atom is 0.328 e. The molecule has 0 saturated heterocycles. The van der Waals surface area contributed by atoms with Crippen molar-refractivity contribution in [3.8, 4) is 17.2 Å². The summed E-state index contributed by atoms with van der Waals surface area (Å²) >= 11 is 0. The van der Waals surface area contributed by atoms with Crippen LogP contribution in [-0.2, 0) is 4.43 Å². The van der Waals surface area contributed by atoms with Crippen LogP contribution in [0, 0.1) is 0 Å². The Balaban J connectivity index is 3.68. The zero-order valence-electron chi connectivity index (χ0n) is 19.7. The number of hydrogen-bond donors (Lipinski definition) is 0. The third kappa shape index (κ3) is 8.97. The second kappa shape index (κ2) is 8.37. The normalized spacial score (nSPS) is 13.1. The number of rotatable bonds is 8. The quantitative estimate of drug-likeness (QED) is 0.427. The van der Waals surface area contributed by atoms with Gasteiger partial charge >= 0.3 is 5.97 Å². The smallest absolute Gasteiger partial charge is 0.328 e. The molecular formula is C19H38O5Si4. The molecule has 28 heavy (non-hydrogen) atoms. The highest BCUT2D eigenvalue weighted by Crippen LogP contribution is 2.44. The standard InChI is InChI=1S/C19H38O5Si4/c1-25(2,3)21-16-14-13-15(19(20)24-28(10,11)12)17(22-26(4,5)6)18(16)23-27(7,8)9/h13-14H,1-12H3. The van der Waals surface area contributed by atoms with E-state index < -0.39 is 33.3 Å². The molecule has 0 unspecified atom stereocenters. The molecule has 5 nitrogen and oxygen atoms in total. The van der Waals surface area contributed by atoms with Gasteiger partial charge in [-0.1, -0.05) is 0 Å². The van der Waals surface area contributed by atoms with Crippen LogP contribution in [-0.4, -0.2) is 39.2 Å². The molecule has 1 aromatic carbocycles. The number of benzene rings is 1. The summed E-state index contributed by atoms with van der Waals surface area (Å²) in [6, 6.07) is 3.58. The molecule has 0 bridgehead atoms. The van der Waals surface area contributed by atoms with Gasteiger partial charge in [-0.2, -0.15) is 0 Å². The molecule has 0 N–H and O–H groups in total. The Bertz CT molecular complexity index is 707. The van der Waals surface area contributed by atoms with Gasteiger partial charge in [-0.05, 0) is 90.7 Å². The van der Waals surface area contributed by atoms with Crippen molar-refractivity contribution in [2.24, 2.45) is 0 Å². The lowest BCUT2D eigenvalue weighted by atomic mass is 10.2. The van der Waals surface area contributed by atoms with Gasteiger partial charge in [0.05, 0.1) is 0 Å². The lowest BCUT2D eigenvalue weighted by molar-refractivity contribution is 0.0722. The monoisotopic (exact) mass is 458 g/mol. The van der Waals surface area contributed by atoms with Crippen LogP contribution in [0.3, 0.4) is 0 Å². The molecule has 1 rings (SSSR count). The van der Waals surface area contributed by atoms with Gasteiger partial charge in [-0.25, -0.2) is 4.79 Å². The highest BCUT2D eigenvalue weighted by molar-refractivity contribution is 6.72. The van der Waals surface area contributed by atoms with Gasteiger partial charge in [0.2, 0.25) is 33.3 Å². The summed E-state index contributed by atoms with van der Waals surface area (Å²) in [6.07, 6.45) is 0. The number of hydrogen-bond acceptors (Lipinski definition) is 5. The summed E-state index contributed by atoms with van der Waals surface area (Å²) < 4.78 is 24.9. The lowest BCUT2D eigenvalue weighted by Gasteiger charge is -2.31. The molecule has 0 aliphatic heterocycles. The van der Waals surface area contributed by atoms with E-state index in [2.05, 4.69) is 58.9 Å². The molecule has 0 heterocycles. The fourth-order valence-corrected chi connectivity index (χ4v) is 5.37. The second-order valence-corrected chi connectivity index (χ2v) is 28.6. The Morgan fingerprint density at radius 3 is 1.43 bits per heavy atom. The molecule has 0 amide bonds. The van der Waals surface area contributed by atoms with E-state index in [1.807, 2.05) is 25.7 Å². The van der Waals surface area contributed by atoms with Gasteiger partial charge in [0.25, 0.3) is 0 Å². The zero-order valence-corrected chi connectivity index (χ0v) is 23.7. The van der Waals surface area contributed by atoms with Gasteiger partial charge in [-0.3, -0.25) is 0 Å². The largest absolute Gasteiger partial charge is 0.542 e. The zero-order chi connectivity index (χ0) is 22.1. The molecule has 160 valence electrons. The molecule has 0 spiro atoms. The van der Waals surface area contributed by atoms with E-state index in [1.54, 1.807) is 6.07 Å². The van der Waals surface area contributed by atoms with Crippen molar-refractivity contribution >= 4 is 39.2 Å². The van der Waals surface area contributed by atoms with E-state index in [0.717, 1.165) is 0 Å². The molecule has 0 saturated carbocycles. The average Bonchev–Trinajstić information content (AvgIpc) is 2.35. The first kappa shape index (κ1) is 25.0. The molecular weight excluding hydrogens is 421 g/mol. The van der Waals surface area contributed by atoms with Crippen molar-refractivity contribution < 1.29 is 22.5 Å². The van der Waals surface area contributed by atoms with Crippen LogP contribution in [0.15, 0.2) is 12.1 Å². The first-order valence-electron chi connectivity index (χ1n) is 9.75. The van der Waals surface area contributed by atoms with Gasteiger partial charge in [0.1, 0.15) is 11.3 Å². The topological polar surface area (TPSA) is 54.0 Å². The molecule has 0 atom stereocenters. The highest BCUT2D eigenvalue weighted by atomic mass is 28.4. The van der Waals surface area contributed by atoms with Crippen LogP contribution in [0.2, 0.25) is 78.6 Å². The summed E-state index contributed by atoms with van der Waals surface area (Å²) in [7, 11) is -7.95. The molecule has 0 aliphatic rings. The molecule has 0 aromatic heterocycles. The average molecular weight is 459 g/mol. The first-order chi connectivity index (χ1) is 12.3. The Kier molecular flexibility index (Phi) is 7.47. The molecule has 0 radical (unpaired) electrons. The fourth-order valence-electron chi connectivity index (χ4n) is 2.26. The van der Waals surface area contributed by atoms with E-state index in [9.17, 15) is 4.79 Å². The maximum absolute atomic E-state index is 13.0. The Morgan fingerprint density at radius 1 is 0.607 bits per heavy atom. The van der Waals surface area contributed by atoms with Crippen molar-refractivity contribution in [1.82, 2.24) is 0 Å². The number of carbonyl (C=O) groups excluding carboxylic acids is 1. The fraction of sp³-hybridized carbons (Fsp3) is 0.632. The molecule has 1 aromatic rings. The third-order valence-electron chi connectivity index (χ3n) is 2.93. The molecule has 9 heteroatoms. The number of carbonyl (C=O) groups is 1. The van der Waals surface area contributed by atoms with Crippen LogP contribution in [0.5, 0.6) is 17.2 Å². The minimum Gasteiger partial charge on any atom is -0.542 e. The predicted molar refractivity (Wildman–Crippen MR) is 127 cm³/mol. The highest BCUT2D eigenvalue weighted by Gasteiger charge is 2.33. The molecule has 0 aliphatic carbocycles. The van der Waals surface area contributed by atoms with Crippen LogP contribution in [0.1, 0.15) is 10.4 Å². The van der Waals surface area contributed by atoms with E-state index in [-0.39, 0.29) is 5.97 Å². The molecule has 0 fully saturated rings. The van der Waals surface area contributed by atoms with Crippen molar-refractivity contribution in [2.75, 3.05) is 0 Å². The maximum atomic E-state index is 13.0. The van der Waals surface area contributed by atoms with Crippen LogP contribution < -0.4 is 13.3 Å². The van der Waals surface area contributed by atoms with Crippen molar-refractivity contribution in [3.05, 3.63) is 17.7 Å². The first-order valence-corrected chi connectivity index (χ1v) is 23.4. The van der Waals surface area contributed by atoms with Crippen LogP contribution >= 0.6 is 0 Å². The van der Waals surface area contributed by atoms with Crippen molar-refractivity contribution in [1.29, 1.82) is 0 Å². The van der Waals surface area contributed by atoms with E-state index in [1.165, 1.54) is 0 Å². The second-order valence-electron chi connectivity index (χ2n) is 10.9. The Hall–Kier alpha value is -1.04. The van der Waals surface area contributed by atoms with E-state index >= 15 is 0 Å². The van der Waals surface area contributed by atoms with Crippen molar-refractivity contribution in [3.63, 3.8) is 0 Å². The van der Waals surface area contributed by atoms with Gasteiger partial charge < -0.3 is 17.7 Å². The van der Waals surface area contributed by atoms with Gasteiger partial charge in [-0.15, -0.1) is 0 Å². The summed E-state index contributed by atoms with van der Waals surface area (Å²) in [5, 5.41) is 0. The SMILES string of the molecule is C[Si](C)(C)OC(=O)c1ccc(O[Si](C)(C)C)c(O[Si](C)(C)C)c1O[Si](C)(C)C. The lowest BCUT2D eigenvalue weighted by Crippen LogP contribution is -2.35. The Morgan fingerprint density at radius 2 is 1.04 bits per heavy atom. The van der Waals surface area contributed by atoms with Crippen LogP contribution in [0.4, 0.5) is 0 Å². The van der Waals surface area contributed by atoms with Gasteiger partial charge in [0, 0.05) is 0 Å². The summed E-state index contributed by atoms with van der Waals surface area (Å²) in [5.41, 5.74) is 0.418. The summed E-state index contributed by atoms with van der Waals surface area (Å²) in [6.45, 7) is 24.9. The predicted octanol–water partition coefficient (Wildman–Crippen LogP) is 6.32.